The normalized spacial score (nSPS) is 11.7. The number of aliphatic carboxylic acids is 1. The van der Waals surface area contributed by atoms with Crippen molar-refractivity contribution in [3.63, 3.8) is 0 Å². The molecule has 4 rings (SSSR count). The summed E-state index contributed by atoms with van der Waals surface area (Å²) in [7, 11) is 0. The standard InChI is InChI=1S/C24H21N3O3S2/c1-14-7-6-8-15(2)22(14)27(16(3)28)24-25-18(13-31-24)11-17(12-21(29)30)23-26-19-9-4-5-10-20(19)32-23/h4-11,13H,12H2,1-3H3,(H,29,30). The molecular formula is C24H21N3O3S2. The summed E-state index contributed by atoms with van der Waals surface area (Å²) >= 11 is 2.80. The molecule has 0 saturated carbocycles. The number of amides is 1. The van der Waals surface area contributed by atoms with Gasteiger partial charge >= 0.3 is 5.97 Å². The Balaban J connectivity index is 1.75. The minimum atomic E-state index is -0.938. The van der Waals surface area contributed by atoms with Crippen LogP contribution in [0, 0.1) is 13.8 Å². The number of carbonyl (C=O) groups excluding carboxylic acids is 1. The number of thiazole rings is 2. The third-order valence-corrected chi connectivity index (χ3v) is 6.87. The van der Waals surface area contributed by atoms with E-state index in [9.17, 15) is 14.7 Å². The number of aromatic nitrogens is 2. The van der Waals surface area contributed by atoms with Gasteiger partial charge in [0.2, 0.25) is 5.91 Å². The highest BCUT2D eigenvalue weighted by Gasteiger charge is 2.21. The lowest BCUT2D eigenvalue weighted by atomic mass is 10.1. The Morgan fingerprint density at radius 3 is 2.44 bits per heavy atom. The topological polar surface area (TPSA) is 83.4 Å². The van der Waals surface area contributed by atoms with Crippen molar-refractivity contribution in [1.29, 1.82) is 0 Å². The third kappa shape index (κ3) is 4.46. The van der Waals surface area contributed by atoms with Gasteiger partial charge in [0.25, 0.3) is 0 Å². The maximum Gasteiger partial charge on any atom is 0.307 e. The predicted molar refractivity (Wildman–Crippen MR) is 131 cm³/mol. The summed E-state index contributed by atoms with van der Waals surface area (Å²) in [5.74, 6) is -1.07. The third-order valence-electron chi connectivity index (χ3n) is 4.91. The highest BCUT2D eigenvalue weighted by Crippen LogP contribution is 2.35. The molecule has 0 aliphatic carbocycles. The molecule has 0 spiro atoms. The van der Waals surface area contributed by atoms with E-state index in [2.05, 4.69) is 9.97 Å². The molecule has 32 heavy (non-hydrogen) atoms. The maximum absolute atomic E-state index is 12.5. The van der Waals surface area contributed by atoms with E-state index in [4.69, 9.17) is 0 Å². The van der Waals surface area contributed by atoms with Gasteiger partial charge in [0.05, 0.1) is 28.0 Å². The molecule has 8 heteroatoms. The molecule has 0 saturated heterocycles. The highest BCUT2D eigenvalue weighted by atomic mass is 32.1. The molecule has 0 radical (unpaired) electrons. The first-order chi connectivity index (χ1) is 15.3. The number of anilines is 2. The van der Waals surface area contributed by atoms with Gasteiger partial charge in [0.15, 0.2) is 5.13 Å². The summed E-state index contributed by atoms with van der Waals surface area (Å²) in [5.41, 5.74) is 4.79. The minimum Gasteiger partial charge on any atom is -0.481 e. The van der Waals surface area contributed by atoms with Gasteiger partial charge in [0, 0.05) is 17.9 Å². The van der Waals surface area contributed by atoms with Crippen LogP contribution < -0.4 is 4.90 Å². The fourth-order valence-electron chi connectivity index (χ4n) is 3.53. The SMILES string of the molecule is CC(=O)N(c1nc(C=C(CC(=O)O)c2nc3ccccc3s2)cs1)c1c(C)cccc1C. The van der Waals surface area contributed by atoms with Crippen LogP contribution in [0.4, 0.5) is 10.8 Å². The number of rotatable bonds is 6. The van der Waals surface area contributed by atoms with Crippen LogP contribution in [0.2, 0.25) is 0 Å². The van der Waals surface area contributed by atoms with E-state index >= 15 is 0 Å². The van der Waals surface area contributed by atoms with Gasteiger partial charge in [-0.05, 0) is 43.2 Å². The van der Waals surface area contributed by atoms with Gasteiger partial charge in [-0.2, -0.15) is 0 Å². The molecule has 6 nitrogen and oxygen atoms in total. The lowest BCUT2D eigenvalue weighted by Gasteiger charge is -2.22. The first kappa shape index (κ1) is 21.9. The Kier molecular flexibility index (Phi) is 6.16. The van der Waals surface area contributed by atoms with Crippen molar-refractivity contribution in [2.45, 2.75) is 27.2 Å². The van der Waals surface area contributed by atoms with Crippen molar-refractivity contribution < 1.29 is 14.7 Å². The quantitative estimate of drug-likeness (QED) is 0.375. The Morgan fingerprint density at radius 2 is 1.78 bits per heavy atom. The van der Waals surface area contributed by atoms with Crippen molar-refractivity contribution >= 4 is 67.2 Å². The van der Waals surface area contributed by atoms with Gasteiger partial charge in [-0.3, -0.25) is 14.5 Å². The molecule has 162 valence electrons. The lowest BCUT2D eigenvalue weighted by molar-refractivity contribution is -0.135. The van der Waals surface area contributed by atoms with Crippen LogP contribution in [0.25, 0.3) is 21.9 Å². The van der Waals surface area contributed by atoms with E-state index < -0.39 is 5.97 Å². The van der Waals surface area contributed by atoms with Crippen LogP contribution in [-0.4, -0.2) is 27.0 Å². The number of carboxylic acid groups (broad SMARTS) is 1. The number of aryl methyl sites for hydroxylation is 2. The van der Waals surface area contributed by atoms with Gasteiger partial charge in [0.1, 0.15) is 5.01 Å². The van der Waals surface area contributed by atoms with E-state index in [1.807, 2.05) is 61.7 Å². The van der Waals surface area contributed by atoms with Crippen molar-refractivity contribution in [3.05, 3.63) is 69.7 Å². The van der Waals surface area contributed by atoms with Gasteiger partial charge < -0.3 is 5.11 Å². The lowest BCUT2D eigenvalue weighted by Crippen LogP contribution is -2.24. The number of carbonyl (C=O) groups is 2. The number of fused-ring (bicyclic) bond motifs is 1. The first-order valence-electron chi connectivity index (χ1n) is 9.94. The zero-order chi connectivity index (χ0) is 22.8. The molecule has 0 bridgehead atoms. The van der Waals surface area contributed by atoms with Crippen LogP contribution in [0.1, 0.15) is 35.2 Å². The Labute approximate surface area is 193 Å². The largest absolute Gasteiger partial charge is 0.481 e. The average Bonchev–Trinajstić information content (AvgIpc) is 3.36. The number of benzene rings is 2. The Morgan fingerprint density at radius 1 is 1.06 bits per heavy atom. The fourth-order valence-corrected chi connectivity index (χ4v) is 5.34. The molecule has 0 atom stereocenters. The molecule has 0 fully saturated rings. The van der Waals surface area contributed by atoms with Crippen molar-refractivity contribution in [3.8, 4) is 0 Å². The molecule has 0 aliphatic heterocycles. The molecule has 1 N–H and O–H groups in total. The summed E-state index contributed by atoms with van der Waals surface area (Å²) < 4.78 is 0.996. The summed E-state index contributed by atoms with van der Waals surface area (Å²) in [6, 6.07) is 13.6. The molecular weight excluding hydrogens is 442 g/mol. The second-order valence-electron chi connectivity index (χ2n) is 7.38. The van der Waals surface area contributed by atoms with Gasteiger partial charge in [-0.25, -0.2) is 9.97 Å². The summed E-state index contributed by atoms with van der Waals surface area (Å²) in [6.45, 7) is 5.44. The van der Waals surface area contributed by atoms with E-state index in [0.717, 1.165) is 27.0 Å². The Hall–Kier alpha value is -3.36. The van der Waals surface area contributed by atoms with Crippen molar-refractivity contribution in [1.82, 2.24) is 9.97 Å². The second kappa shape index (κ2) is 9.02. The summed E-state index contributed by atoms with van der Waals surface area (Å²) in [6.07, 6.45) is 1.58. The number of carboxylic acids is 1. The Bertz CT molecular complexity index is 1300. The average molecular weight is 464 g/mol. The van der Waals surface area contributed by atoms with Crippen LogP contribution in [0.5, 0.6) is 0 Å². The second-order valence-corrected chi connectivity index (χ2v) is 9.24. The van der Waals surface area contributed by atoms with E-state index in [-0.39, 0.29) is 12.3 Å². The van der Waals surface area contributed by atoms with Gasteiger partial charge in [-0.1, -0.05) is 30.3 Å². The molecule has 2 aromatic carbocycles. The number of nitrogens with zero attached hydrogens (tertiary/aromatic N) is 3. The zero-order valence-electron chi connectivity index (χ0n) is 17.8. The smallest absolute Gasteiger partial charge is 0.307 e. The van der Waals surface area contributed by atoms with Gasteiger partial charge in [-0.15, -0.1) is 22.7 Å². The minimum absolute atomic E-state index is 0.135. The maximum atomic E-state index is 12.5. The molecule has 2 heterocycles. The van der Waals surface area contributed by atoms with Crippen molar-refractivity contribution in [2.75, 3.05) is 4.90 Å². The number of hydrogen-bond acceptors (Lipinski definition) is 6. The van der Waals surface area contributed by atoms with Crippen LogP contribution in [0.3, 0.4) is 0 Å². The molecule has 4 aromatic rings. The van der Waals surface area contributed by atoms with Crippen LogP contribution in [-0.2, 0) is 9.59 Å². The van der Waals surface area contributed by atoms with Crippen LogP contribution >= 0.6 is 22.7 Å². The summed E-state index contributed by atoms with van der Waals surface area (Å²) in [5, 5.41) is 12.5. The molecule has 0 aliphatic rings. The van der Waals surface area contributed by atoms with E-state index in [1.54, 1.807) is 11.0 Å². The molecule has 1 amide bonds. The number of para-hydroxylation sites is 2. The molecule has 2 aromatic heterocycles. The first-order valence-corrected chi connectivity index (χ1v) is 11.6. The summed E-state index contributed by atoms with van der Waals surface area (Å²) in [4.78, 5) is 34.9. The van der Waals surface area contributed by atoms with Crippen molar-refractivity contribution in [2.24, 2.45) is 0 Å². The fraction of sp³-hybridized carbons (Fsp3) is 0.167. The van der Waals surface area contributed by atoms with E-state index in [0.29, 0.717) is 21.4 Å². The van der Waals surface area contributed by atoms with Crippen LogP contribution in [0.15, 0.2) is 47.8 Å². The monoisotopic (exact) mass is 463 g/mol. The van der Waals surface area contributed by atoms with E-state index in [1.165, 1.54) is 29.6 Å². The highest BCUT2D eigenvalue weighted by molar-refractivity contribution is 7.19. The predicted octanol–water partition coefficient (Wildman–Crippen LogP) is 6.07. The number of hydrogen-bond donors (Lipinski definition) is 1. The molecule has 0 unspecified atom stereocenters. The zero-order valence-corrected chi connectivity index (χ0v) is 19.5.